The normalized spacial score (nSPS) is 15.8. The zero-order valence-corrected chi connectivity index (χ0v) is 12.5. The van der Waals surface area contributed by atoms with Crippen LogP contribution in [0.5, 0.6) is 0 Å². The molecule has 1 amide bonds. The molecule has 2 rings (SSSR count). The minimum Gasteiger partial charge on any atom is -0.480 e. The van der Waals surface area contributed by atoms with Crippen LogP contribution in [0.4, 0.5) is 13.2 Å². The van der Waals surface area contributed by atoms with E-state index in [9.17, 15) is 27.9 Å². The van der Waals surface area contributed by atoms with Crippen molar-refractivity contribution in [1.29, 1.82) is 0 Å². The first kappa shape index (κ1) is 16.7. The van der Waals surface area contributed by atoms with Gasteiger partial charge in [-0.25, -0.2) is 4.79 Å². The number of carbonyl (C=O) groups excluding carboxylic acids is 1. The maximum atomic E-state index is 13.0. The number of alkyl halides is 3. The molecule has 0 bridgehead atoms. The Labute approximate surface area is 129 Å². The predicted molar refractivity (Wildman–Crippen MR) is 75.7 cm³/mol. The Morgan fingerprint density at radius 2 is 2.14 bits per heavy atom. The maximum absolute atomic E-state index is 13.0. The highest BCUT2D eigenvalue weighted by atomic mass is 32.2. The zero-order chi connectivity index (χ0) is 16.5. The van der Waals surface area contributed by atoms with Crippen molar-refractivity contribution in [2.75, 3.05) is 12.0 Å². The number of aliphatic carboxylic acids is 1. The van der Waals surface area contributed by atoms with Crippen molar-refractivity contribution in [3.63, 3.8) is 0 Å². The number of thioether (sulfide) groups is 1. The van der Waals surface area contributed by atoms with Crippen LogP contribution in [0.3, 0.4) is 0 Å². The Bertz CT molecular complexity index is 603. The Morgan fingerprint density at radius 1 is 1.45 bits per heavy atom. The summed E-state index contributed by atoms with van der Waals surface area (Å²) in [6.07, 6.45) is -2.58. The van der Waals surface area contributed by atoms with Gasteiger partial charge in [-0.15, -0.1) is 0 Å². The summed E-state index contributed by atoms with van der Waals surface area (Å²) in [5.41, 5.74) is -1.09. The fourth-order valence-electron chi connectivity index (χ4n) is 2.51. The van der Waals surface area contributed by atoms with Crippen LogP contribution in [0.2, 0.25) is 0 Å². The van der Waals surface area contributed by atoms with E-state index in [2.05, 4.69) is 0 Å². The van der Waals surface area contributed by atoms with Gasteiger partial charge in [0.2, 0.25) is 0 Å². The molecule has 0 saturated heterocycles. The Hall–Kier alpha value is -1.70. The number of rotatable bonds is 5. The smallest absolute Gasteiger partial charge is 0.416 e. The van der Waals surface area contributed by atoms with E-state index >= 15 is 0 Å². The average Bonchev–Trinajstić information content (AvgIpc) is 2.75. The number of amides is 1. The van der Waals surface area contributed by atoms with Gasteiger partial charge >= 0.3 is 12.1 Å². The van der Waals surface area contributed by atoms with Crippen molar-refractivity contribution < 1.29 is 27.9 Å². The summed E-state index contributed by atoms with van der Waals surface area (Å²) in [6.45, 7) is -0.324. The van der Waals surface area contributed by atoms with Gasteiger partial charge in [-0.2, -0.15) is 24.9 Å². The molecule has 0 saturated carbocycles. The lowest BCUT2D eigenvalue weighted by atomic mass is 10.0. The van der Waals surface area contributed by atoms with Crippen LogP contribution < -0.4 is 0 Å². The molecule has 1 unspecified atom stereocenters. The number of carbonyl (C=O) groups is 2. The number of benzene rings is 1. The number of nitrogens with zero attached hydrogens (tertiary/aromatic N) is 1. The summed E-state index contributed by atoms with van der Waals surface area (Å²) in [4.78, 5) is 24.6. The second kappa shape index (κ2) is 6.20. The van der Waals surface area contributed by atoms with E-state index in [1.807, 2.05) is 0 Å². The van der Waals surface area contributed by atoms with E-state index in [1.54, 1.807) is 6.26 Å². The van der Waals surface area contributed by atoms with Gasteiger partial charge in [-0.05, 0) is 36.1 Å². The van der Waals surface area contributed by atoms with Gasteiger partial charge in [-0.1, -0.05) is 6.07 Å². The molecule has 0 aromatic heterocycles. The first-order valence-electron chi connectivity index (χ1n) is 6.49. The van der Waals surface area contributed by atoms with E-state index < -0.39 is 29.7 Å². The van der Waals surface area contributed by atoms with Gasteiger partial charge in [0.15, 0.2) is 0 Å². The molecular weight excluding hydrogens is 319 g/mol. The highest BCUT2D eigenvalue weighted by Gasteiger charge is 2.42. The Kier molecular flexibility index (Phi) is 4.69. The summed E-state index contributed by atoms with van der Waals surface area (Å²) in [7, 11) is 0. The van der Waals surface area contributed by atoms with Crippen molar-refractivity contribution in [3.05, 3.63) is 34.9 Å². The first-order chi connectivity index (χ1) is 10.3. The lowest BCUT2D eigenvalue weighted by molar-refractivity contribution is -0.142. The third kappa shape index (κ3) is 3.06. The minimum absolute atomic E-state index is 0.0646. The first-order valence-corrected chi connectivity index (χ1v) is 7.88. The van der Waals surface area contributed by atoms with Gasteiger partial charge < -0.3 is 10.0 Å². The topological polar surface area (TPSA) is 57.6 Å². The van der Waals surface area contributed by atoms with Crippen molar-refractivity contribution >= 4 is 23.6 Å². The Morgan fingerprint density at radius 3 is 2.68 bits per heavy atom. The quantitative estimate of drug-likeness (QED) is 0.900. The number of fused-ring (bicyclic) bond motifs is 1. The van der Waals surface area contributed by atoms with E-state index in [0.717, 1.165) is 11.0 Å². The zero-order valence-electron chi connectivity index (χ0n) is 11.7. The molecule has 4 nitrogen and oxygen atoms in total. The van der Waals surface area contributed by atoms with Crippen molar-refractivity contribution in [3.8, 4) is 0 Å². The van der Waals surface area contributed by atoms with Crippen LogP contribution in [0.1, 0.15) is 27.9 Å². The Balaban J connectivity index is 2.37. The molecule has 0 aliphatic carbocycles. The van der Waals surface area contributed by atoms with Crippen LogP contribution in [-0.4, -0.2) is 39.9 Å². The molecule has 1 aromatic carbocycles. The molecule has 1 heterocycles. The van der Waals surface area contributed by atoms with Gasteiger partial charge in [0.25, 0.3) is 5.91 Å². The van der Waals surface area contributed by atoms with Crippen LogP contribution in [0.15, 0.2) is 18.2 Å². The van der Waals surface area contributed by atoms with Gasteiger partial charge in [0.1, 0.15) is 6.04 Å². The summed E-state index contributed by atoms with van der Waals surface area (Å²) >= 11 is 1.42. The fourth-order valence-corrected chi connectivity index (χ4v) is 2.97. The SMILES string of the molecule is CSCCC(C(=O)O)N1Cc2c(cccc2C(F)(F)F)C1=O. The summed E-state index contributed by atoms with van der Waals surface area (Å²) in [6, 6.07) is 2.27. The molecule has 8 heteroatoms. The van der Waals surface area contributed by atoms with Crippen LogP contribution >= 0.6 is 11.8 Å². The van der Waals surface area contributed by atoms with Crippen LogP contribution in [0.25, 0.3) is 0 Å². The molecule has 1 aromatic rings. The summed E-state index contributed by atoms with van der Waals surface area (Å²) < 4.78 is 39.0. The van der Waals surface area contributed by atoms with Crippen LogP contribution in [-0.2, 0) is 17.5 Å². The maximum Gasteiger partial charge on any atom is 0.416 e. The van der Waals surface area contributed by atoms with Crippen molar-refractivity contribution in [2.24, 2.45) is 0 Å². The van der Waals surface area contributed by atoms with E-state index in [0.29, 0.717) is 5.75 Å². The second-order valence-electron chi connectivity index (χ2n) is 4.90. The van der Waals surface area contributed by atoms with E-state index in [4.69, 9.17) is 0 Å². The standard InChI is InChI=1S/C14H14F3NO3S/c1-22-6-5-11(13(20)21)18-7-9-8(12(18)19)3-2-4-10(9)14(15,16)17/h2-4,11H,5-7H2,1H3,(H,20,21). The van der Waals surface area contributed by atoms with Gasteiger partial charge in [0.05, 0.1) is 5.56 Å². The highest BCUT2D eigenvalue weighted by Crippen LogP contribution is 2.37. The molecule has 1 N–H and O–H groups in total. The fraction of sp³-hybridized carbons (Fsp3) is 0.429. The molecule has 22 heavy (non-hydrogen) atoms. The molecule has 1 aliphatic heterocycles. The predicted octanol–water partition coefficient (Wildman–Crippen LogP) is 2.87. The third-order valence-electron chi connectivity index (χ3n) is 3.56. The highest BCUT2D eigenvalue weighted by molar-refractivity contribution is 7.98. The monoisotopic (exact) mass is 333 g/mol. The van der Waals surface area contributed by atoms with Crippen molar-refractivity contribution in [1.82, 2.24) is 4.90 Å². The summed E-state index contributed by atoms with van der Waals surface area (Å²) in [5, 5.41) is 9.26. The molecule has 120 valence electrons. The lowest BCUT2D eigenvalue weighted by Gasteiger charge is -2.24. The molecule has 0 radical (unpaired) electrons. The number of hydrogen-bond donors (Lipinski definition) is 1. The molecule has 1 aliphatic rings. The number of hydrogen-bond acceptors (Lipinski definition) is 3. The summed E-state index contributed by atoms with van der Waals surface area (Å²) in [5.74, 6) is -1.36. The molecule has 0 spiro atoms. The lowest BCUT2D eigenvalue weighted by Crippen LogP contribution is -2.41. The van der Waals surface area contributed by atoms with Gasteiger partial charge in [-0.3, -0.25) is 4.79 Å². The number of carboxylic acid groups (broad SMARTS) is 1. The van der Waals surface area contributed by atoms with E-state index in [1.165, 1.54) is 23.9 Å². The van der Waals surface area contributed by atoms with Crippen LogP contribution in [0, 0.1) is 0 Å². The number of halogens is 3. The van der Waals surface area contributed by atoms with Crippen molar-refractivity contribution in [2.45, 2.75) is 25.2 Å². The number of carboxylic acids is 1. The second-order valence-corrected chi connectivity index (χ2v) is 5.88. The largest absolute Gasteiger partial charge is 0.480 e. The van der Waals surface area contributed by atoms with Gasteiger partial charge in [0, 0.05) is 12.1 Å². The van der Waals surface area contributed by atoms with E-state index in [-0.39, 0.29) is 24.1 Å². The minimum atomic E-state index is -4.57. The third-order valence-corrected chi connectivity index (χ3v) is 4.20. The average molecular weight is 333 g/mol. The molecule has 0 fully saturated rings. The molecular formula is C14H14F3NO3S. The molecule has 1 atom stereocenters.